The predicted octanol–water partition coefficient (Wildman–Crippen LogP) is -0.383. The van der Waals surface area contributed by atoms with E-state index in [2.05, 4.69) is 0 Å². The molecular formula is C10H20N2O3S. The fraction of sp³-hybridized carbons (Fsp3) is 0.900. The van der Waals surface area contributed by atoms with E-state index in [1.807, 2.05) is 0 Å². The van der Waals surface area contributed by atoms with E-state index < -0.39 is 15.6 Å². The second-order valence-electron chi connectivity index (χ2n) is 4.57. The minimum absolute atomic E-state index is 0.110. The summed E-state index contributed by atoms with van der Waals surface area (Å²) in [5.74, 6) is -0.418. The zero-order valence-corrected chi connectivity index (χ0v) is 10.7. The van der Waals surface area contributed by atoms with Gasteiger partial charge >= 0.3 is 0 Å². The number of amides is 1. The summed E-state index contributed by atoms with van der Waals surface area (Å²) in [6.45, 7) is 0.557. The van der Waals surface area contributed by atoms with Crippen molar-refractivity contribution in [2.24, 2.45) is 11.7 Å². The Morgan fingerprint density at radius 2 is 2.06 bits per heavy atom. The Morgan fingerprint density at radius 3 is 2.56 bits per heavy atom. The molecule has 0 aromatic carbocycles. The third kappa shape index (κ3) is 3.45. The lowest BCUT2D eigenvalue weighted by atomic mass is 10.0. The molecule has 2 atom stereocenters. The minimum atomic E-state index is -3.24. The molecule has 1 aliphatic carbocycles. The molecule has 0 aromatic rings. The molecular weight excluding hydrogens is 228 g/mol. The van der Waals surface area contributed by atoms with E-state index in [0.717, 1.165) is 25.5 Å². The average molecular weight is 248 g/mol. The van der Waals surface area contributed by atoms with Crippen LogP contribution in [0.25, 0.3) is 0 Å². The second-order valence-corrected chi connectivity index (χ2v) is 6.71. The molecule has 1 rings (SSSR count). The second kappa shape index (κ2) is 5.14. The standard InChI is InChI=1S/C10H20N2O3S/c1-12(10(13)7-16(2,14)15)9-5-3-4-8(9)6-11/h8-9H,3-7,11H2,1-2H3. The van der Waals surface area contributed by atoms with E-state index in [1.54, 1.807) is 11.9 Å². The van der Waals surface area contributed by atoms with Crippen LogP contribution in [0.3, 0.4) is 0 Å². The van der Waals surface area contributed by atoms with Crippen LogP contribution < -0.4 is 5.73 Å². The van der Waals surface area contributed by atoms with Gasteiger partial charge in [-0.15, -0.1) is 0 Å². The van der Waals surface area contributed by atoms with E-state index in [4.69, 9.17) is 5.73 Å². The zero-order chi connectivity index (χ0) is 12.3. The van der Waals surface area contributed by atoms with Gasteiger partial charge in [0.1, 0.15) is 5.75 Å². The van der Waals surface area contributed by atoms with Gasteiger partial charge in [0.15, 0.2) is 9.84 Å². The highest BCUT2D eigenvalue weighted by Crippen LogP contribution is 2.28. The zero-order valence-electron chi connectivity index (χ0n) is 9.85. The van der Waals surface area contributed by atoms with E-state index in [9.17, 15) is 13.2 Å². The van der Waals surface area contributed by atoms with Crippen LogP contribution in [-0.4, -0.2) is 50.9 Å². The Hall–Kier alpha value is -0.620. The first-order chi connectivity index (χ1) is 7.35. The lowest BCUT2D eigenvalue weighted by molar-refractivity contribution is -0.129. The predicted molar refractivity (Wildman–Crippen MR) is 62.7 cm³/mol. The first-order valence-corrected chi connectivity index (χ1v) is 7.54. The molecule has 0 radical (unpaired) electrons. The first kappa shape index (κ1) is 13.4. The molecule has 2 N–H and O–H groups in total. The number of nitrogens with zero attached hydrogens (tertiary/aromatic N) is 1. The molecule has 0 bridgehead atoms. The third-order valence-electron chi connectivity index (χ3n) is 3.20. The first-order valence-electron chi connectivity index (χ1n) is 5.48. The molecule has 1 amide bonds. The lowest BCUT2D eigenvalue weighted by Crippen LogP contribution is -2.43. The highest BCUT2D eigenvalue weighted by atomic mass is 32.2. The molecule has 6 heteroatoms. The van der Waals surface area contributed by atoms with Crippen LogP contribution in [0.15, 0.2) is 0 Å². The SMILES string of the molecule is CN(C(=O)CS(C)(=O)=O)C1CCCC1CN. The molecule has 1 aliphatic rings. The Labute approximate surface area is 96.9 Å². The van der Waals surface area contributed by atoms with E-state index >= 15 is 0 Å². The molecule has 0 aliphatic heterocycles. The quantitative estimate of drug-likeness (QED) is 0.735. The van der Waals surface area contributed by atoms with E-state index in [-0.39, 0.29) is 11.9 Å². The van der Waals surface area contributed by atoms with Crippen LogP contribution in [-0.2, 0) is 14.6 Å². The number of carbonyl (C=O) groups excluding carboxylic acids is 1. The number of carbonyl (C=O) groups is 1. The highest BCUT2D eigenvalue weighted by Gasteiger charge is 2.32. The van der Waals surface area contributed by atoms with Gasteiger partial charge < -0.3 is 10.6 Å². The van der Waals surface area contributed by atoms with Gasteiger partial charge in [0.25, 0.3) is 0 Å². The van der Waals surface area contributed by atoms with Crippen molar-refractivity contribution < 1.29 is 13.2 Å². The van der Waals surface area contributed by atoms with E-state index in [1.165, 1.54) is 0 Å². The molecule has 0 spiro atoms. The number of hydrogen-bond acceptors (Lipinski definition) is 4. The third-order valence-corrected chi connectivity index (χ3v) is 3.97. The maximum absolute atomic E-state index is 11.7. The highest BCUT2D eigenvalue weighted by molar-refractivity contribution is 7.91. The van der Waals surface area contributed by atoms with Crippen LogP contribution in [0, 0.1) is 5.92 Å². The summed E-state index contributed by atoms with van der Waals surface area (Å²) in [5.41, 5.74) is 5.63. The molecule has 94 valence electrons. The van der Waals surface area contributed by atoms with Crippen molar-refractivity contribution in [2.45, 2.75) is 25.3 Å². The Bertz CT molecular complexity index is 353. The molecule has 2 unspecified atom stereocenters. The summed E-state index contributed by atoms with van der Waals surface area (Å²) in [6, 6.07) is 0.110. The van der Waals surface area contributed by atoms with Gasteiger partial charge in [0.05, 0.1) is 0 Å². The van der Waals surface area contributed by atoms with Crippen molar-refractivity contribution in [3.05, 3.63) is 0 Å². The van der Waals surface area contributed by atoms with Crippen LogP contribution in [0.2, 0.25) is 0 Å². The summed E-state index contributed by atoms with van der Waals surface area (Å²) >= 11 is 0. The molecule has 0 heterocycles. The summed E-state index contributed by atoms with van der Waals surface area (Å²) in [4.78, 5) is 13.3. The van der Waals surface area contributed by atoms with E-state index in [0.29, 0.717) is 12.5 Å². The number of nitrogens with two attached hydrogens (primary N) is 1. The van der Waals surface area contributed by atoms with Crippen molar-refractivity contribution in [2.75, 3.05) is 25.6 Å². The molecule has 0 saturated heterocycles. The Balaban J connectivity index is 2.63. The van der Waals surface area contributed by atoms with Crippen LogP contribution in [0.4, 0.5) is 0 Å². The average Bonchev–Trinajstić information content (AvgIpc) is 2.61. The van der Waals surface area contributed by atoms with Gasteiger partial charge in [-0.25, -0.2) is 8.42 Å². The molecule has 16 heavy (non-hydrogen) atoms. The van der Waals surface area contributed by atoms with Gasteiger partial charge in [-0.1, -0.05) is 6.42 Å². The topological polar surface area (TPSA) is 80.5 Å². The van der Waals surface area contributed by atoms with Crippen LogP contribution in [0.5, 0.6) is 0 Å². The summed E-state index contributed by atoms with van der Waals surface area (Å²) in [5, 5.41) is 0. The summed E-state index contributed by atoms with van der Waals surface area (Å²) < 4.78 is 22.1. The van der Waals surface area contributed by atoms with Crippen molar-refractivity contribution in [1.82, 2.24) is 4.90 Å². The van der Waals surface area contributed by atoms with Crippen molar-refractivity contribution in [3.8, 4) is 0 Å². The molecule has 5 nitrogen and oxygen atoms in total. The van der Waals surface area contributed by atoms with Gasteiger partial charge in [0, 0.05) is 19.3 Å². The largest absolute Gasteiger partial charge is 0.342 e. The van der Waals surface area contributed by atoms with Gasteiger partial charge in [-0.2, -0.15) is 0 Å². The smallest absolute Gasteiger partial charge is 0.237 e. The monoisotopic (exact) mass is 248 g/mol. The molecule has 0 aromatic heterocycles. The summed E-state index contributed by atoms with van der Waals surface area (Å²) in [6.07, 6.45) is 4.09. The molecule has 1 saturated carbocycles. The van der Waals surface area contributed by atoms with Crippen LogP contribution in [0.1, 0.15) is 19.3 Å². The number of hydrogen-bond donors (Lipinski definition) is 1. The minimum Gasteiger partial charge on any atom is -0.342 e. The lowest BCUT2D eigenvalue weighted by Gasteiger charge is -2.29. The van der Waals surface area contributed by atoms with Gasteiger partial charge in [-0.3, -0.25) is 4.79 Å². The number of sulfone groups is 1. The maximum Gasteiger partial charge on any atom is 0.237 e. The normalized spacial score (nSPS) is 25.7. The number of rotatable bonds is 4. The van der Waals surface area contributed by atoms with Gasteiger partial charge in [-0.05, 0) is 25.3 Å². The van der Waals surface area contributed by atoms with Crippen molar-refractivity contribution in [1.29, 1.82) is 0 Å². The fourth-order valence-corrected chi connectivity index (χ4v) is 2.97. The Morgan fingerprint density at radius 1 is 1.44 bits per heavy atom. The van der Waals surface area contributed by atoms with Crippen molar-refractivity contribution in [3.63, 3.8) is 0 Å². The van der Waals surface area contributed by atoms with Crippen molar-refractivity contribution >= 4 is 15.7 Å². The Kier molecular flexibility index (Phi) is 4.32. The van der Waals surface area contributed by atoms with Gasteiger partial charge in [0.2, 0.25) is 5.91 Å². The molecule has 1 fully saturated rings. The summed E-state index contributed by atoms with van der Waals surface area (Å²) in [7, 11) is -1.57. The maximum atomic E-state index is 11.7. The fourth-order valence-electron chi connectivity index (χ4n) is 2.31. The van der Waals surface area contributed by atoms with Crippen LogP contribution >= 0.6 is 0 Å².